The Morgan fingerprint density at radius 1 is 1.21 bits per heavy atom. The van der Waals surface area contributed by atoms with Gasteiger partial charge in [0.05, 0.1) is 0 Å². The molecule has 2 aromatic rings. The molecule has 122 valence electrons. The summed E-state index contributed by atoms with van der Waals surface area (Å²) in [6.45, 7) is 4.45. The highest BCUT2D eigenvalue weighted by molar-refractivity contribution is 9.10. The van der Waals surface area contributed by atoms with Crippen LogP contribution in [0.5, 0.6) is 0 Å². The lowest BCUT2D eigenvalue weighted by molar-refractivity contribution is -0.112. The molecule has 2 N–H and O–H groups in total. The van der Waals surface area contributed by atoms with E-state index in [1.165, 1.54) is 6.20 Å². The largest absolute Gasteiger partial charge is 0.386 e. The van der Waals surface area contributed by atoms with Crippen molar-refractivity contribution in [2.24, 2.45) is 0 Å². The average molecular weight is 384 g/mol. The molecule has 2 aromatic carbocycles. The van der Waals surface area contributed by atoms with Crippen molar-refractivity contribution in [2.75, 3.05) is 5.32 Å². The summed E-state index contributed by atoms with van der Waals surface area (Å²) in [7, 11) is 0. The molecule has 0 aliphatic heterocycles. The SMILES string of the molecule is Cc1cccc(NC(=O)/C(C#N)=C\NCc2ccc(Br)cc2)c1C. The molecule has 0 fully saturated rings. The Morgan fingerprint density at radius 2 is 1.92 bits per heavy atom. The maximum Gasteiger partial charge on any atom is 0.267 e. The summed E-state index contributed by atoms with van der Waals surface area (Å²) in [4.78, 5) is 12.2. The van der Waals surface area contributed by atoms with E-state index in [4.69, 9.17) is 0 Å². The molecule has 0 aliphatic carbocycles. The van der Waals surface area contributed by atoms with Gasteiger partial charge >= 0.3 is 0 Å². The highest BCUT2D eigenvalue weighted by Gasteiger charge is 2.11. The van der Waals surface area contributed by atoms with Crippen LogP contribution in [0.15, 0.2) is 58.7 Å². The first kappa shape index (κ1) is 17.8. The quantitative estimate of drug-likeness (QED) is 0.600. The Kier molecular flexibility index (Phi) is 6.16. The number of carbonyl (C=O) groups excluding carboxylic acids is 1. The first-order valence-electron chi connectivity index (χ1n) is 7.47. The first-order chi connectivity index (χ1) is 11.5. The normalized spacial score (nSPS) is 10.8. The summed E-state index contributed by atoms with van der Waals surface area (Å²) in [6, 6.07) is 15.4. The van der Waals surface area contributed by atoms with Gasteiger partial charge in [0.15, 0.2) is 0 Å². The third-order valence-corrected chi connectivity index (χ3v) is 4.21. The Hall–Kier alpha value is -2.58. The number of aryl methyl sites for hydroxylation is 1. The van der Waals surface area contributed by atoms with Crippen LogP contribution in [0, 0.1) is 25.2 Å². The number of nitrogens with zero attached hydrogens (tertiary/aromatic N) is 1. The molecule has 0 aliphatic rings. The molecule has 0 heterocycles. The monoisotopic (exact) mass is 383 g/mol. The molecule has 0 unspecified atom stereocenters. The van der Waals surface area contributed by atoms with Crippen molar-refractivity contribution in [1.29, 1.82) is 5.26 Å². The van der Waals surface area contributed by atoms with Crippen LogP contribution in [0.4, 0.5) is 5.69 Å². The van der Waals surface area contributed by atoms with Crippen molar-refractivity contribution in [3.63, 3.8) is 0 Å². The molecule has 5 heteroatoms. The zero-order chi connectivity index (χ0) is 17.5. The molecule has 24 heavy (non-hydrogen) atoms. The van der Waals surface area contributed by atoms with E-state index in [0.29, 0.717) is 12.2 Å². The lowest BCUT2D eigenvalue weighted by Gasteiger charge is -2.10. The molecule has 0 saturated heterocycles. The molecule has 0 bridgehead atoms. The second kappa shape index (κ2) is 8.32. The van der Waals surface area contributed by atoms with Gasteiger partial charge in [-0.1, -0.05) is 40.2 Å². The minimum absolute atomic E-state index is 0.0352. The van der Waals surface area contributed by atoms with Crippen LogP contribution in [0.1, 0.15) is 16.7 Å². The van der Waals surface area contributed by atoms with Crippen LogP contribution in [0.2, 0.25) is 0 Å². The van der Waals surface area contributed by atoms with Gasteiger partial charge in [-0.2, -0.15) is 5.26 Å². The second-order valence-electron chi connectivity index (χ2n) is 5.38. The molecule has 0 saturated carbocycles. The molecular weight excluding hydrogens is 366 g/mol. The van der Waals surface area contributed by atoms with Gasteiger partial charge in [-0.3, -0.25) is 4.79 Å². The fraction of sp³-hybridized carbons (Fsp3) is 0.158. The van der Waals surface area contributed by atoms with Crippen LogP contribution in [0.25, 0.3) is 0 Å². The minimum atomic E-state index is -0.422. The lowest BCUT2D eigenvalue weighted by Crippen LogP contribution is -2.17. The molecule has 0 aromatic heterocycles. The van der Waals surface area contributed by atoms with Crippen LogP contribution in [0.3, 0.4) is 0 Å². The summed E-state index contributed by atoms with van der Waals surface area (Å²) < 4.78 is 1.01. The standard InChI is InChI=1S/C19H18BrN3O/c1-13-4-3-5-18(14(13)2)23-19(24)16(10-21)12-22-11-15-6-8-17(20)9-7-15/h3-9,12,22H,11H2,1-2H3,(H,23,24)/b16-12-. The molecule has 0 spiro atoms. The average Bonchev–Trinajstić information content (AvgIpc) is 2.57. The Bertz CT molecular complexity index is 804. The molecular formula is C19H18BrN3O. The van der Waals surface area contributed by atoms with E-state index < -0.39 is 5.91 Å². The van der Waals surface area contributed by atoms with E-state index >= 15 is 0 Å². The van der Waals surface area contributed by atoms with Gasteiger partial charge < -0.3 is 10.6 Å². The van der Waals surface area contributed by atoms with Crippen molar-refractivity contribution in [2.45, 2.75) is 20.4 Å². The number of hydrogen-bond donors (Lipinski definition) is 2. The van der Waals surface area contributed by atoms with Crippen LogP contribution in [-0.4, -0.2) is 5.91 Å². The fourth-order valence-corrected chi connectivity index (χ4v) is 2.36. The van der Waals surface area contributed by atoms with Gasteiger partial charge in [-0.15, -0.1) is 0 Å². The smallest absolute Gasteiger partial charge is 0.267 e. The number of amides is 1. The number of nitrogens with one attached hydrogen (secondary N) is 2. The van der Waals surface area contributed by atoms with E-state index in [0.717, 1.165) is 21.2 Å². The third kappa shape index (κ3) is 4.71. The van der Waals surface area contributed by atoms with Crippen LogP contribution in [-0.2, 0) is 11.3 Å². The van der Waals surface area contributed by atoms with Crippen molar-refractivity contribution in [1.82, 2.24) is 5.32 Å². The fourth-order valence-electron chi connectivity index (χ4n) is 2.10. The van der Waals surface area contributed by atoms with Crippen molar-refractivity contribution in [3.05, 3.63) is 75.4 Å². The third-order valence-electron chi connectivity index (χ3n) is 3.68. The number of benzene rings is 2. The van der Waals surface area contributed by atoms with E-state index in [1.807, 2.05) is 62.4 Å². The zero-order valence-electron chi connectivity index (χ0n) is 13.6. The van der Waals surface area contributed by atoms with Gasteiger partial charge in [-0.25, -0.2) is 0 Å². The Labute approximate surface area is 150 Å². The number of anilines is 1. The van der Waals surface area contributed by atoms with Gasteiger partial charge in [-0.05, 0) is 48.7 Å². The summed E-state index contributed by atoms with van der Waals surface area (Å²) in [5.74, 6) is -0.422. The second-order valence-corrected chi connectivity index (χ2v) is 6.29. The summed E-state index contributed by atoms with van der Waals surface area (Å²) in [6.07, 6.45) is 1.45. The van der Waals surface area contributed by atoms with Crippen molar-refractivity contribution in [3.8, 4) is 6.07 Å². The summed E-state index contributed by atoms with van der Waals surface area (Å²) >= 11 is 3.38. The van der Waals surface area contributed by atoms with Gasteiger partial charge in [0.1, 0.15) is 11.6 Å². The Balaban J connectivity index is 2.01. The topological polar surface area (TPSA) is 64.9 Å². The highest BCUT2D eigenvalue weighted by Crippen LogP contribution is 2.18. The number of rotatable bonds is 5. The summed E-state index contributed by atoms with van der Waals surface area (Å²) in [5.41, 5.74) is 3.89. The molecule has 0 radical (unpaired) electrons. The van der Waals surface area contributed by atoms with E-state index in [9.17, 15) is 10.1 Å². The molecule has 2 rings (SSSR count). The summed E-state index contributed by atoms with van der Waals surface area (Å²) in [5, 5.41) is 15.0. The highest BCUT2D eigenvalue weighted by atomic mass is 79.9. The van der Waals surface area contributed by atoms with Crippen LogP contribution >= 0.6 is 15.9 Å². The van der Waals surface area contributed by atoms with Gasteiger partial charge in [0.25, 0.3) is 5.91 Å². The maximum absolute atomic E-state index is 12.2. The first-order valence-corrected chi connectivity index (χ1v) is 8.26. The van der Waals surface area contributed by atoms with Crippen LogP contribution < -0.4 is 10.6 Å². The van der Waals surface area contributed by atoms with E-state index in [2.05, 4.69) is 26.6 Å². The number of nitriles is 1. The van der Waals surface area contributed by atoms with Crippen molar-refractivity contribution >= 4 is 27.5 Å². The van der Waals surface area contributed by atoms with E-state index in [-0.39, 0.29) is 5.57 Å². The number of halogens is 1. The Morgan fingerprint density at radius 3 is 2.58 bits per heavy atom. The number of hydrogen-bond acceptors (Lipinski definition) is 3. The molecule has 4 nitrogen and oxygen atoms in total. The molecule has 1 amide bonds. The predicted molar refractivity (Wildman–Crippen MR) is 99.2 cm³/mol. The van der Waals surface area contributed by atoms with E-state index in [1.54, 1.807) is 0 Å². The zero-order valence-corrected chi connectivity index (χ0v) is 15.1. The predicted octanol–water partition coefficient (Wildman–Crippen LogP) is 4.20. The van der Waals surface area contributed by atoms with Gasteiger partial charge in [0, 0.05) is 22.9 Å². The maximum atomic E-state index is 12.2. The minimum Gasteiger partial charge on any atom is -0.386 e. The van der Waals surface area contributed by atoms with Gasteiger partial charge in [0.2, 0.25) is 0 Å². The molecule has 0 atom stereocenters. The van der Waals surface area contributed by atoms with Crippen molar-refractivity contribution < 1.29 is 4.79 Å². The lowest BCUT2D eigenvalue weighted by atomic mass is 10.1. The number of carbonyl (C=O) groups is 1.